The highest BCUT2D eigenvalue weighted by atomic mass is 16.1. The Labute approximate surface area is 314 Å². The molecule has 0 N–H and O–H groups in total. The highest BCUT2D eigenvalue weighted by molar-refractivity contribution is 6.14. The van der Waals surface area contributed by atoms with Crippen LogP contribution in [-0.2, 0) is 0 Å². The van der Waals surface area contributed by atoms with Gasteiger partial charge < -0.3 is 9.13 Å². The lowest BCUT2D eigenvalue weighted by molar-refractivity contribution is 1.16. The van der Waals surface area contributed by atoms with Gasteiger partial charge in [-0.05, 0) is 89.3 Å². The fourth-order valence-corrected chi connectivity index (χ4v) is 9.02. The van der Waals surface area contributed by atoms with E-state index in [1.165, 1.54) is 27.4 Å². The molecule has 0 aliphatic heterocycles. The molecule has 0 saturated carbocycles. The standard InChI is InChI=1S/C50H30N4O/c55-50-42-30-34(24-27-48(42)54-45-21-11-6-15-36(45)35-14-4-5-18-39(35)49(54)51-50)53-44-20-10-8-17-38(44)41-29-32(23-26-47(41)53)31-22-25-46-40(28-31)37-16-7-9-19-43(37)52(46)33-12-2-1-3-13-33/h1-30H. The molecule has 4 aromatic heterocycles. The van der Waals surface area contributed by atoms with Gasteiger partial charge in [0.2, 0.25) is 0 Å². The van der Waals surface area contributed by atoms with Crippen molar-refractivity contribution in [2.45, 2.75) is 0 Å². The van der Waals surface area contributed by atoms with Crippen LogP contribution in [-0.4, -0.2) is 18.5 Å². The molecular formula is C50H30N4O. The Bertz CT molecular complexity index is 3630. The van der Waals surface area contributed by atoms with Crippen LogP contribution < -0.4 is 5.56 Å². The molecule has 0 fully saturated rings. The molecular weight excluding hydrogens is 673 g/mol. The average molecular weight is 703 g/mol. The van der Waals surface area contributed by atoms with Gasteiger partial charge >= 0.3 is 0 Å². The maximum atomic E-state index is 13.9. The monoisotopic (exact) mass is 702 g/mol. The number of nitrogens with zero attached hydrogens (tertiary/aromatic N) is 4. The molecule has 5 nitrogen and oxygen atoms in total. The second-order valence-corrected chi connectivity index (χ2v) is 14.3. The predicted molar refractivity (Wildman–Crippen MR) is 228 cm³/mol. The van der Waals surface area contributed by atoms with Crippen molar-refractivity contribution in [3.63, 3.8) is 0 Å². The van der Waals surface area contributed by atoms with E-state index in [1.807, 2.05) is 24.3 Å². The largest absolute Gasteiger partial charge is 0.309 e. The molecule has 8 aromatic carbocycles. The first kappa shape index (κ1) is 30.0. The van der Waals surface area contributed by atoms with Gasteiger partial charge in [-0.1, -0.05) is 109 Å². The van der Waals surface area contributed by atoms with E-state index in [0.717, 1.165) is 65.9 Å². The van der Waals surface area contributed by atoms with Crippen LogP contribution in [0.25, 0.3) is 104 Å². The molecule has 0 aliphatic carbocycles. The van der Waals surface area contributed by atoms with Gasteiger partial charge in [0, 0.05) is 43.7 Å². The molecule has 0 radical (unpaired) electrons. The minimum atomic E-state index is -0.232. The molecule has 0 bridgehead atoms. The molecule has 0 atom stereocenters. The summed E-state index contributed by atoms with van der Waals surface area (Å²) in [4.78, 5) is 18.7. The predicted octanol–water partition coefficient (Wildman–Crippen LogP) is 12.0. The summed E-state index contributed by atoms with van der Waals surface area (Å²) in [5, 5.41) is 8.54. The quantitative estimate of drug-likeness (QED) is 0.172. The molecule has 12 aromatic rings. The molecule has 0 amide bonds. The highest BCUT2D eigenvalue weighted by Crippen LogP contribution is 2.39. The third-order valence-electron chi connectivity index (χ3n) is 11.4. The average Bonchev–Trinajstić information content (AvgIpc) is 3.76. The highest BCUT2D eigenvalue weighted by Gasteiger charge is 2.18. The Morgan fingerprint density at radius 2 is 0.782 bits per heavy atom. The van der Waals surface area contributed by atoms with Crippen LogP contribution in [0.5, 0.6) is 0 Å². The summed E-state index contributed by atoms with van der Waals surface area (Å²) in [6.07, 6.45) is 0. The van der Waals surface area contributed by atoms with Crippen molar-refractivity contribution in [1.29, 1.82) is 0 Å². The molecule has 5 heteroatoms. The fourth-order valence-electron chi connectivity index (χ4n) is 9.02. The maximum Gasteiger partial charge on any atom is 0.281 e. The molecule has 12 rings (SSSR count). The van der Waals surface area contributed by atoms with E-state index in [4.69, 9.17) is 4.98 Å². The Kier molecular flexibility index (Phi) is 6.14. The number of benzene rings is 8. The number of para-hydroxylation sites is 4. The summed E-state index contributed by atoms with van der Waals surface area (Å²) in [5.41, 5.74) is 11.2. The number of pyridine rings is 1. The van der Waals surface area contributed by atoms with Crippen molar-refractivity contribution in [1.82, 2.24) is 18.5 Å². The zero-order valence-electron chi connectivity index (χ0n) is 29.5. The summed E-state index contributed by atoms with van der Waals surface area (Å²) in [6.45, 7) is 0. The lowest BCUT2D eigenvalue weighted by Gasteiger charge is -2.15. The van der Waals surface area contributed by atoms with Crippen LogP contribution in [0.4, 0.5) is 0 Å². The lowest BCUT2D eigenvalue weighted by Crippen LogP contribution is -2.12. The molecule has 256 valence electrons. The fraction of sp³-hybridized carbons (Fsp3) is 0. The van der Waals surface area contributed by atoms with Gasteiger partial charge in [0.25, 0.3) is 5.56 Å². The zero-order valence-corrected chi connectivity index (χ0v) is 29.5. The van der Waals surface area contributed by atoms with Gasteiger partial charge in [-0.15, -0.1) is 0 Å². The van der Waals surface area contributed by atoms with Crippen molar-refractivity contribution >= 4 is 81.8 Å². The van der Waals surface area contributed by atoms with E-state index in [1.54, 1.807) is 0 Å². The van der Waals surface area contributed by atoms with E-state index in [2.05, 4.69) is 171 Å². The first-order valence-corrected chi connectivity index (χ1v) is 18.6. The molecule has 55 heavy (non-hydrogen) atoms. The first-order valence-electron chi connectivity index (χ1n) is 18.6. The van der Waals surface area contributed by atoms with E-state index in [9.17, 15) is 4.79 Å². The van der Waals surface area contributed by atoms with Crippen molar-refractivity contribution in [3.8, 4) is 22.5 Å². The summed E-state index contributed by atoms with van der Waals surface area (Å²) in [6, 6.07) is 64.1. The van der Waals surface area contributed by atoms with Crippen LogP contribution in [0.2, 0.25) is 0 Å². The third kappa shape index (κ3) is 4.23. The number of fused-ring (bicyclic) bond motifs is 14. The van der Waals surface area contributed by atoms with Crippen molar-refractivity contribution in [3.05, 3.63) is 192 Å². The van der Waals surface area contributed by atoms with Gasteiger partial charge in [-0.3, -0.25) is 9.20 Å². The molecule has 4 heterocycles. The van der Waals surface area contributed by atoms with E-state index < -0.39 is 0 Å². The van der Waals surface area contributed by atoms with E-state index in [0.29, 0.717) is 11.0 Å². The van der Waals surface area contributed by atoms with Crippen LogP contribution in [0.3, 0.4) is 0 Å². The van der Waals surface area contributed by atoms with E-state index >= 15 is 0 Å². The second-order valence-electron chi connectivity index (χ2n) is 14.3. The minimum Gasteiger partial charge on any atom is -0.309 e. The Balaban J connectivity index is 1.06. The van der Waals surface area contributed by atoms with Gasteiger partial charge in [0.1, 0.15) is 5.65 Å². The van der Waals surface area contributed by atoms with Gasteiger partial charge in [-0.2, -0.15) is 4.98 Å². The van der Waals surface area contributed by atoms with Crippen LogP contribution in [0, 0.1) is 0 Å². The molecule has 0 saturated heterocycles. The van der Waals surface area contributed by atoms with Crippen molar-refractivity contribution < 1.29 is 0 Å². The summed E-state index contributed by atoms with van der Waals surface area (Å²) >= 11 is 0. The van der Waals surface area contributed by atoms with Gasteiger partial charge in [0.05, 0.1) is 38.5 Å². The minimum absolute atomic E-state index is 0.232. The smallest absolute Gasteiger partial charge is 0.281 e. The molecule has 0 aliphatic rings. The summed E-state index contributed by atoms with van der Waals surface area (Å²) < 4.78 is 6.77. The lowest BCUT2D eigenvalue weighted by atomic mass is 10.0. The SMILES string of the molecule is O=c1nc2c3ccccc3c3ccccc3n2c2ccc(-n3c4ccccc4c4cc(-c5ccc6c(c5)c5ccccc5n6-c5ccccc5)ccc43)cc12. The number of hydrogen-bond acceptors (Lipinski definition) is 2. The first-order chi connectivity index (χ1) is 27.2. The Morgan fingerprint density at radius 1 is 0.327 bits per heavy atom. The normalized spacial score (nSPS) is 12.1. The number of rotatable bonds is 3. The van der Waals surface area contributed by atoms with Crippen molar-refractivity contribution in [2.24, 2.45) is 0 Å². The summed E-state index contributed by atoms with van der Waals surface area (Å²) in [7, 11) is 0. The topological polar surface area (TPSA) is 44.2 Å². The number of aromatic nitrogens is 4. The zero-order chi connectivity index (χ0) is 36.2. The van der Waals surface area contributed by atoms with E-state index in [-0.39, 0.29) is 5.56 Å². The van der Waals surface area contributed by atoms with Crippen molar-refractivity contribution in [2.75, 3.05) is 0 Å². The third-order valence-corrected chi connectivity index (χ3v) is 11.4. The van der Waals surface area contributed by atoms with Crippen LogP contribution >= 0.6 is 0 Å². The Hall–Kier alpha value is -7.50. The molecule has 0 spiro atoms. The van der Waals surface area contributed by atoms with Crippen LogP contribution in [0.1, 0.15) is 0 Å². The number of hydrogen-bond donors (Lipinski definition) is 0. The molecule has 0 unspecified atom stereocenters. The Morgan fingerprint density at radius 3 is 1.42 bits per heavy atom. The second kappa shape index (κ2) is 11.3. The van der Waals surface area contributed by atoms with Crippen LogP contribution in [0.15, 0.2) is 187 Å². The summed E-state index contributed by atoms with van der Waals surface area (Å²) in [5.74, 6) is 0. The van der Waals surface area contributed by atoms with Gasteiger partial charge in [-0.25, -0.2) is 0 Å². The van der Waals surface area contributed by atoms with Gasteiger partial charge in [0.15, 0.2) is 0 Å². The maximum absolute atomic E-state index is 13.9.